The second kappa shape index (κ2) is 10.5. The number of nitrogens with zero attached hydrogens (tertiary/aromatic N) is 4. The summed E-state index contributed by atoms with van der Waals surface area (Å²) in [6.45, 7) is 2.14. The van der Waals surface area contributed by atoms with Gasteiger partial charge in [-0.3, -0.25) is 4.79 Å². The van der Waals surface area contributed by atoms with E-state index in [-0.39, 0.29) is 40.5 Å². The molecule has 1 saturated heterocycles. The lowest BCUT2D eigenvalue weighted by Crippen LogP contribution is -2.33. The normalized spacial score (nSPS) is 16.2. The SMILES string of the molecule is CNC(=O)C1CCN(S(=O)(=O)c2ccc(Cl)c(COc3cccc4c(-n5ccnc5)cc(C)nc34)c2Cl)C1. The third-order valence-corrected chi connectivity index (χ3v) is 9.41. The predicted molar refractivity (Wildman–Crippen MR) is 145 cm³/mol. The number of aryl methyl sites for hydroxylation is 1. The highest BCUT2D eigenvalue weighted by molar-refractivity contribution is 7.89. The molecule has 9 nitrogen and oxygen atoms in total. The lowest BCUT2D eigenvalue weighted by atomic mass is 10.1. The Morgan fingerprint density at radius 1 is 1.24 bits per heavy atom. The second-order valence-corrected chi connectivity index (χ2v) is 11.7. The van der Waals surface area contributed by atoms with Gasteiger partial charge in [0.1, 0.15) is 22.8 Å². The minimum Gasteiger partial charge on any atom is -0.487 e. The van der Waals surface area contributed by atoms with Crippen LogP contribution < -0.4 is 10.1 Å². The van der Waals surface area contributed by atoms with E-state index in [1.54, 1.807) is 18.6 Å². The molecule has 0 radical (unpaired) electrons. The van der Waals surface area contributed by atoms with Crippen LogP contribution >= 0.6 is 23.2 Å². The number of fused-ring (bicyclic) bond motifs is 1. The van der Waals surface area contributed by atoms with E-state index in [1.165, 1.54) is 23.5 Å². The summed E-state index contributed by atoms with van der Waals surface area (Å²) >= 11 is 13.1. The summed E-state index contributed by atoms with van der Waals surface area (Å²) in [6, 6.07) is 10.4. The number of hydrogen-bond acceptors (Lipinski definition) is 6. The van der Waals surface area contributed by atoms with Crippen molar-refractivity contribution >= 4 is 50.0 Å². The number of aromatic nitrogens is 3. The first kappa shape index (κ1) is 26.4. The fourth-order valence-electron chi connectivity index (χ4n) is 4.62. The number of sulfonamides is 1. The first-order chi connectivity index (χ1) is 18.2. The standard InChI is InChI=1S/C26H25Cl2N5O4S/c1-16-12-21(32-11-9-30-15-32)18-4-3-5-22(25(18)31-16)37-14-19-20(27)6-7-23(24(19)28)38(35,36)33-10-8-17(13-33)26(34)29-2/h3-7,9,11-12,15,17H,8,10,13-14H2,1-2H3,(H,29,34). The number of carbonyl (C=O) groups excluding carboxylic acids is 1. The van der Waals surface area contributed by atoms with Gasteiger partial charge < -0.3 is 14.6 Å². The van der Waals surface area contributed by atoms with Crippen LogP contribution in [0.2, 0.25) is 10.0 Å². The fourth-order valence-corrected chi connectivity index (χ4v) is 6.98. The Kier molecular flexibility index (Phi) is 7.32. The monoisotopic (exact) mass is 573 g/mol. The maximum atomic E-state index is 13.4. The lowest BCUT2D eigenvalue weighted by molar-refractivity contribution is -0.123. The third kappa shape index (κ3) is 4.84. The molecule has 1 aliphatic heterocycles. The molecule has 0 aliphatic carbocycles. The number of halogens is 2. The van der Waals surface area contributed by atoms with E-state index in [4.69, 9.17) is 27.9 Å². The van der Waals surface area contributed by atoms with E-state index in [1.807, 2.05) is 35.9 Å². The van der Waals surface area contributed by atoms with Crippen molar-refractivity contribution in [2.24, 2.45) is 5.92 Å². The zero-order valence-corrected chi connectivity index (χ0v) is 23.0. The Morgan fingerprint density at radius 3 is 2.79 bits per heavy atom. The van der Waals surface area contributed by atoms with E-state index in [0.717, 1.165) is 16.8 Å². The van der Waals surface area contributed by atoms with Gasteiger partial charge in [-0.2, -0.15) is 4.31 Å². The van der Waals surface area contributed by atoms with Crippen molar-refractivity contribution in [3.8, 4) is 11.4 Å². The first-order valence-electron chi connectivity index (χ1n) is 11.9. The molecule has 4 aromatic rings. The smallest absolute Gasteiger partial charge is 0.244 e. The van der Waals surface area contributed by atoms with Gasteiger partial charge in [0.25, 0.3) is 0 Å². The summed E-state index contributed by atoms with van der Waals surface area (Å²) < 4.78 is 36.2. The molecule has 38 heavy (non-hydrogen) atoms. The molecule has 3 heterocycles. The molecule has 1 fully saturated rings. The Morgan fingerprint density at radius 2 is 2.05 bits per heavy atom. The van der Waals surface area contributed by atoms with E-state index in [9.17, 15) is 13.2 Å². The van der Waals surface area contributed by atoms with Gasteiger partial charge in [0, 0.05) is 54.2 Å². The first-order valence-corrected chi connectivity index (χ1v) is 14.1. The van der Waals surface area contributed by atoms with Crippen LogP contribution in [-0.2, 0) is 21.4 Å². The number of imidazole rings is 1. The topological polar surface area (TPSA) is 106 Å². The minimum atomic E-state index is -3.95. The number of rotatable bonds is 7. The highest BCUT2D eigenvalue weighted by Crippen LogP contribution is 2.36. The van der Waals surface area contributed by atoms with Gasteiger partial charge in [0.15, 0.2) is 0 Å². The van der Waals surface area contributed by atoms with Crippen molar-refractivity contribution in [1.29, 1.82) is 0 Å². The van der Waals surface area contributed by atoms with Crippen molar-refractivity contribution in [3.05, 3.63) is 76.4 Å². The van der Waals surface area contributed by atoms with Gasteiger partial charge in [-0.1, -0.05) is 35.3 Å². The van der Waals surface area contributed by atoms with Gasteiger partial charge in [-0.15, -0.1) is 0 Å². The average molecular weight is 574 g/mol. The summed E-state index contributed by atoms with van der Waals surface area (Å²) in [6.07, 6.45) is 5.71. The zero-order chi connectivity index (χ0) is 27.0. The molecule has 0 bridgehead atoms. The number of para-hydroxylation sites is 1. The minimum absolute atomic E-state index is 0.00984. The Hall–Kier alpha value is -3.18. The number of hydrogen-bond donors (Lipinski definition) is 1. The van der Waals surface area contributed by atoms with Crippen molar-refractivity contribution in [2.45, 2.75) is 24.8 Å². The van der Waals surface area contributed by atoms with Crippen molar-refractivity contribution < 1.29 is 17.9 Å². The number of benzene rings is 2. The summed E-state index contributed by atoms with van der Waals surface area (Å²) in [5.41, 5.74) is 2.68. The average Bonchev–Trinajstić information content (AvgIpc) is 3.61. The van der Waals surface area contributed by atoms with Crippen LogP contribution in [0.25, 0.3) is 16.6 Å². The predicted octanol–water partition coefficient (Wildman–Crippen LogP) is 4.37. The zero-order valence-electron chi connectivity index (χ0n) is 20.7. The van der Waals surface area contributed by atoms with Crippen LogP contribution in [0.4, 0.5) is 0 Å². The summed E-state index contributed by atoms with van der Waals surface area (Å²) in [5.74, 6) is -0.0896. The molecule has 2 aromatic carbocycles. The molecule has 1 atom stereocenters. The molecule has 0 spiro atoms. The van der Waals surface area contributed by atoms with Gasteiger partial charge >= 0.3 is 0 Å². The van der Waals surface area contributed by atoms with Gasteiger partial charge in [-0.25, -0.2) is 18.4 Å². The van der Waals surface area contributed by atoms with Crippen LogP contribution in [0.5, 0.6) is 5.75 Å². The highest BCUT2D eigenvalue weighted by atomic mass is 35.5. The lowest BCUT2D eigenvalue weighted by Gasteiger charge is -2.19. The fraction of sp³-hybridized carbons (Fsp3) is 0.269. The number of amides is 1. The van der Waals surface area contributed by atoms with Gasteiger partial charge in [0.05, 0.1) is 23.0 Å². The molecule has 5 rings (SSSR count). The van der Waals surface area contributed by atoms with Crippen LogP contribution in [0.3, 0.4) is 0 Å². The number of ether oxygens (including phenoxy) is 1. The van der Waals surface area contributed by atoms with Crippen LogP contribution in [0.1, 0.15) is 17.7 Å². The number of carbonyl (C=O) groups is 1. The van der Waals surface area contributed by atoms with Crippen LogP contribution in [-0.4, -0.2) is 53.3 Å². The summed E-state index contributed by atoms with van der Waals surface area (Å²) in [4.78, 5) is 20.8. The number of pyridine rings is 1. The molecule has 1 N–H and O–H groups in total. The van der Waals surface area contributed by atoms with E-state index >= 15 is 0 Å². The maximum absolute atomic E-state index is 13.4. The highest BCUT2D eigenvalue weighted by Gasteiger charge is 2.37. The summed E-state index contributed by atoms with van der Waals surface area (Å²) in [7, 11) is -2.42. The molecular formula is C26H25Cl2N5O4S. The van der Waals surface area contributed by atoms with Crippen LogP contribution in [0, 0.1) is 12.8 Å². The molecule has 198 valence electrons. The Balaban J connectivity index is 1.45. The van der Waals surface area contributed by atoms with Gasteiger partial charge in [-0.05, 0) is 37.6 Å². The quantitative estimate of drug-likeness (QED) is 0.352. The number of nitrogens with one attached hydrogen (secondary N) is 1. The second-order valence-electron chi connectivity index (χ2n) is 8.99. The Bertz CT molecular complexity index is 1630. The molecule has 0 saturated carbocycles. The Labute approximate surface area is 230 Å². The van der Waals surface area contributed by atoms with Gasteiger partial charge in [0.2, 0.25) is 15.9 Å². The largest absolute Gasteiger partial charge is 0.487 e. The van der Waals surface area contributed by atoms with Crippen molar-refractivity contribution in [3.63, 3.8) is 0 Å². The van der Waals surface area contributed by atoms with Crippen molar-refractivity contribution in [1.82, 2.24) is 24.2 Å². The van der Waals surface area contributed by atoms with E-state index < -0.39 is 15.9 Å². The van der Waals surface area contributed by atoms with E-state index in [2.05, 4.69) is 15.3 Å². The molecule has 2 aromatic heterocycles. The summed E-state index contributed by atoms with van der Waals surface area (Å²) in [5, 5.41) is 3.71. The molecular weight excluding hydrogens is 549 g/mol. The molecule has 1 amide bonds. The molecule has 1 aliphatic rings. The van der Waals surface area contributed by atoms with E-state index in [0.29, 0.717) is 23.3 Å². The van der Waals surface area contributed by atoms with Crippen molar-refractivity contribution in [2.75, 3.05) is 20.1 Å². The molecule has 1 unspecified atom stereocenters. The maximum Gasteiger partial charge on any atom is 0.244 e. The third-order valence-electron chi connectivity index (χ3n) is 6.60. The van der Waals surface area contributed by atoms with Crippen LogP contribution in [0.15, 0.2) is 60.0 Å². The molecule has 12 heteroatoms.